The first-order valence-corrected chi connectivity index (χ1v) is 9.20. The largest absolute Gasteiger partial charge is 0.437 e. The van der Waals surface area contributed by atoms with Crippen LogP contribution in [-0.2, 0) is 6.18 Å². The summed E-state index contributed by atoms with van der Waals surface area (Å²) in [5.74, 6) is -0.665. The number of ether oxygens (including phenoxy) is 1. The summed E-state index contributed by atoms with van der Waals surface area (Å²) in [4.78, 5) is 12.2. The molecule has 0 saturated heterocycles. The fraction of sp³-hybridized carbons (Fsp3) is 0.0500. The van der Waals surface area contributed by atoms with Crippen LogP contribution in [-0.4, -0.2) is 26.1 Å². The van der Waals surface area contributed by atoms with Gasteiger partial charge < -0.3 is 4.74 Å². The fourth-order valence-corrected chi connectivity index (χ4v) is 2.95. The van der Waals surface area contributed by atoms with Crippen molar-refractivity contribution in [1.29, 1.82) is 0 Å². The van der Waals surface area contributed by atoms with Crippen LogP contribution in [0, 0.1) is 0 Å². The third-order valence-corrected chi connectivity index (χ3v) is 4.42. The molecule has 31 heavy (non-hydrogen) atoms. The van der Waals surface area contributed by atoms with E-state index in [0.29, 0.717) is 15.4 Å². The molecule has 0 radical (unpaired) electrons. The Balaban J connectivity index is 1.55. The number of hydrogen-bond acceptors (Lipinski definition) is 4. The third-order valence-electron chi connectivity index (χ3n) is 4.17. The van der Waals surface area contributed by atoms with Crippen molar-refractivity contribution in [3.05, 3.63) is 77.6 Å². The molecule has 2 heterocycles. The molecule has 0 atom stereocenters. The topological polar surface area (TPSA) is 84.8 Å². The van der Waals surface area contributed by atoms with Crippen molar-refractivity contribution >= 4 is 23.5 Å². The van der Waals surface area contributed by atoms with Crippen LogP contribution in [0.2, 0.25) is 5.02 Å². The van der Waals surface area contributed by atoms with Crippen LogP contribution in [0.3, 0.4) is 0 Å². The Kier molecular flexibility index (Phi) is 5.38. The molecule has 0 bridgehead atoms. The van der Waals surface area contributed by atoms with Gasteiger partial charge in [-0.15, -0.1) is 0 Å². The van der Waals surface area contributed by atoms with Gasteiger partial charge in [-0.2, -0.15) is 23.4 Å². The molecule has 0 aliphatic rings. The Hall–Kier alpha value is -3.79. The van der Waals surface area contributed by atoms with Gasteiger partial charge in [0.25, 0.3) is 0 Å². The van der Waals surface area contributed by atoms with Crippen LogP contribution in [0.5, 0.6) is 5.75 Å². The standard InChI is InChI=1S/C20H13ClF3N5O2/c21-13-6-8-14(9-7-13)29-18(20(22,23)24)16(11-25-29)31-19(30)26-17-10-15(27-28-17)12-4-2-1-3-5-12/h1-11H,(H2,26,27,28,30). The summed E-state index contributed by atoms with van der Waals surface area (Å²) in [6.07, 6.45) is -5.16. The molecule has 0 saturated carbocycles. The first-order valence-electron chi connectivity index (χ1n) is 8.82. The summed E-state index contributed by atoms with van der Waals surface area (Å²) in [6.45, 7) is 0. The Morgan fingerprint density at radius 3 is 2.48 bits per heavy atom. The van der Waals surface area contributed by atoms with Gasteiger partial charge in [0.05, 0.1) is 17.6 Å². The predicted octanol–water partition coefficient (Wildman–Crippen LogP) is 5.55. The van der Waals surface area contributed by atoms with Crippen molar-refractivity contribution in [1.82, 2.24) is 20.0 Å². The van der Waals surface area contributed by atoms with Crippen LogP contribution in [0.1, 0.15) is 5.69 Å². The van der Waals surface area contributed by atoms with E-state index in [2.05, 4.69) is 20.6 Å². The Bertz CT molecular complexity index is 1200. The van der Waals surface area contributed by atoms with Crippen LogP contribution < -0.4 is 10.1 Å². The number of amides is 1. The molecule has 158 valence electrons. The maximum Gasteiger partial charge on any atom is 0.437 e. The number of hydrogen-bond donors (Lipinski definition) is 2. The van der Waals surface area contributed by atoms with E-state index in [1.165, 1.54) is 30.3 Å². The second-order valence-electron chi connectivity index (χ2n) is 6.29. The Morgan fingerprint density at radius 1 is 1.10 bits per heavy atom. The van der Waals surface area contributed by atoms with Gasteiger partial charge in [0.1, 0.15) is 0 Å². The van der Waals surface area contributed by atoms with Gasteiger partial charge in [0, 0.05) is 11.1 Å². The van der Waals surface area contributed by atoms with E-state index in [0.717, 1.165) is 11.8 Å². The number of benzene rings is 2. The minimum Gasteiger partial charge on any atom is -0.406 e. The average Bonchev–Trinajstić information content (AvgIpc) is 3.36. The van der Waals surface area contributed by atoms with Crippen LogP contribution in [0.4, 0.5) is 23.8 Å². The molecule has 4 aromatic rings. The number of aromatic amines is 1. The normalized spacial score (nSPS) is 11.4. The van der Waals surface area contributed by atoms with Gasteiger partial charge in [-0.1, -0.05) is 41.9 Å². The zero-order valence-electron chi connectivity index (χ0n) is 15.5. The first-order chi connectivity index (χ1) is 14.8. The third kappa shape index (κ3) is 4.53. The molecule has 11 heteroatoms. The molecule has 0 aliphatic heterocycles. The second-order valence-corrected chi connectivity index (χ2v) is 6.73. The molecule has 2 aromatic heterocycles. The summed E-state index contributed by atoms with van der Waals surface area (Å²) in [6, 6.07) is 16.3. The maximum atomic E-state index is 13.7. The van der Waals surface area contributed by atoms with E-state index in [4.69, 9.17) is 16.3 Å². The molecule has 7 nitrogen and oxygen atoms in total. The SMILES string of the molecule is O=C(Nc1cc(-c2ccccc2)[nH]n1)Oc1cnn(-c2ccc(Cl)cc2)c1C(F)(F)F. The van der Waals surface area contributed by atoms with Crippen molar-refractivity contribution in [3.8, 4) is 22.7 Å². The zero-order valence-corrected chi connectivity index (χ0v) is 16.3. The fourth-order valence-electron chi connectivity index (χ4n) is 2.83. The molecular weight excluding hydrogens is 435 g/mol. The van der Waals surface area contributed by atoms with Crippen molar-refractivity contribution in [3.63, 3.8) is 0 Å². The molecular formula is C20H13ClF3N5O2. The number of halogens is 4. The first kappa shape index (κ1) is 20.5. The highest BCUT2D eigenvalue weighted by atomic mass is 35.5. The molecule has 2 aromatic carbocycles. The predicted molar refractivity (Wildman–Crippen MR) is 107 cm³/mol. The van der Waals surface area contributed by atoms with E-state index in [-0.39, 0.29) is 11.5 Å². The summed E-state index contributed by atoms with van der Waals surface area (Å²) in [7, 11) is 0. The molecule has 1 amide bonds. The van der Waals surface area contributed by atoms with Crippen molar-refractivity contribution in [2.75, 3.05) is 5.32 Å². The highest BCUT2D eigenvalue weighted by Gasteiger charge is 2.40. The van der Waals surface area contributed by atoms with Gasteiger partial charge in [-0.05, 0) is 29.8 Å². The summed E-state index contributed by atoms with van der Waals surface area (Å²) < 4.78 is 46.5. The van der Waals surface area contributed by atoms with Crippen molar-refractivity contribution in [2.24, 2.45) is 0 Å². The van der Waals surface area contributed by atoms with Crippen LogP contribution >= 0.6 is 11.6 Å². The molecule has 0 unspecified atom stereocenters. The quantitative estimate of drug-likeness (QED) is 0.430. The van der Waals surface area contributed by atoms with Gasteiger partial charge in [-0.3, -0.25) is 10.4 Å². The van der Waals surface area contributed by atoms with E-state index in [1.54, 1.807) is 0 Å². The lowest BCUT2D eigenvalue weighted by molar-refractivity contribution is -0.143. The number of carbonyl (C=O) groups excluding carboxylic acids is 1. The Morgan fingerprint density at radius 2 is 1.81 bits per heavy atom. The van der Waals surface area contributed by atoms with Gasteiger partial charge in [0.15, 0.2) is 17.3 Å². The number of carbonyl (C=O) groups is 1. The second kappa shape index (κ2) is 8.15. The van der Waals surface area contributed by atoms with E-state index in [1.807, 2.05) is 30.3 Å². The lowest BCUT2D eigenvalue weighted by Gasteiger charge is -2.12. The van der Waals surface area contributed by atoms with Gasteiger partial charge in [-0.25, -0.2) is 9.48 Å². The molecule has 2 N–H and O–H groups in total. The van der Waals surface area contributed by atoms with Gasteiger partial charge in [0.2, 0.25) is 0 Å². The number of anilines is 1. The Labute approximate surface area is 178 Å². The van der Waals surface area contributed by atoms with Crippen molar-refractivity contribution in [2.45, 2.75) is 6.18 Å². The summed E-state index contributed by atoms with van der Waals surface area (Å²) >= 11 is 5.78. The molecule has 0 aliphatic carbocycles. The maximum absolute atomic E-state index is 13.7. The lowest BCUT2D eigenvalue weighted by Crippen LogP contribution is -2.20. The smallest absolute Gasteiger partial charge is 0.406 e. The molecule has 0 fully saturated rings. The molecule has 0 spiro atoms. The highest BCUT2D eigenvalue weighted by molar-refractivity contribution is 6.30. The number of rotatable bonds is 4. The minimum absolute atomic E-state index is 0.0857. The van der Waals surface area contributed by atoms with E-state index >= 15 is 0 Å². The minimum atomic E-state index is -4.83. The number of nitrogens with one attached hydrogen (secondary N) is 2. The van der Waals surface area contributed by atoms with Crippen molar-refractivity contribution < 1.29 is 22.7 Å². The van der Waals surface area contributed by atoms with Gasteiger partial charge >= 0.3 is 12.3 Å². The highest BCUT2D eigenvalue weighted by Crippen LogP contribution is 2.38. The number of aromatic nitrogens is 4. The van der Waals surface area contributed by atoms with E-state index in [9.17, 15) is 18.0 Å². The van der Waals surface area contributed by atoms with E-state index < -0.39 is 23.7 Å². The lowest BCUT2D eigenvalue weighted by atomic mass is 10.2. The monoisotopic (exact) mass is 447 g/mol. The number of nitrogens with zero attached hydrogens (tertiary/aromatic N) is 3. The van der Waals surface area contributed by atoms with Crippen LogP contribution in [0.15, 0.2) is 66.9 Å². The van der Waals surface area contributed by atoms with Crippen LogP contribution in [0.25, 0.3) is 16.9 Å². The summed E-state index contributed by atoms with van der Waals surface area (Å²) in [5.41, 5.74) is 0.297. The summed E-state index contributed by atoms with van der Waals surface area (Å²) in [5, 5.41) is 13.0. The number of H-pyrrole nitrogens is 1. The zero-order chi connectivity index (χ0) is 22.0. The average molecular weight is 448 g/mol. The molecule has 4 rings (SSSR count). The number of alkyl halides is 3.